The van der Waals surface area contributed by atoms with Gasteiger partial charge in [0.15, 0.2) is 17.2 Å². The summed E-state index contributed by atoms with van der Waals surface area (Å²) >= 11 is 0. The molecule has 9 nitrogen and oxygen atoms in total. The monoisotopic (exact) mass is 463 g/mol. The molecule has 0 radical (unpaired) electrons. The summed E-state index contributed by atoms with van der Waals surface area (Å²) in [7, 11) is 4.56. The molecule has 0 aliphatic rings. The number of nitrogens with zero attached hydrogens (tertiary/aromatic N) is 4. The summed E-state index contributed by atoms with van der Waals surface area (Å²) in [5, 5.41) is 11.2. The second-order valence-corrected chi connectivity index (χ2v) is 7.20. The van der Waals surface area contributed by atoms with Crippen LogP contribution in [0.5, 0.6) is 17.2 Å². The minimum Gasteiger partial charge on any atom is -0.493 e. The molecule has 10 heteroatoms. The third-order valence-corrected chi connectivity index (χ3v) is 5.01. The predicted molar refractivity (Wildman–Crippen MR) is 123 cm³/mol. The van der Waals surface area contributed by atoms with Crippen LogP contribution >= 0.6 is 0 Å². The van der Waals surface area contributed by atoms with E-state index in [4.69, 9.17) is 14.2 Å². The average molecular weight is 463 g/mol. The van der Waals surface area contributed by atoms with Crippen LogP contribution in [0.3, 0.4) is 0 Å². The zero-order chi connectivity index (χ0) is 24.1. The van der Waals surface area contributed by atoms with Crippen molar-refractivity contribution >= 4 is 17.3 Å². The van der Waals surface area contributed by atoms with Gasteiger partial charge in [-0.3, -0.25) is 4.79 Å². The molecule has 0 bridgehead atoms. The van der Waals surface area contributed by atoms with E-state index in [0.717, 1.165) is 5.56 Å². The summed E-state index contributed by atoms with van der Waals surface area (Å²) in [6, 6.07) is 12.8. The summed E-state index contributed by atoms with van der Waals surface area (Å²) in [5.74, 6) is 1.02. The number of hydrogen-bond acceptors (Lipinski definition) is 8. The summed E-state index contributed by atoms with van der Waals surface area (Å²) in [6.45, 7) is 0.351. The van der Waals surface area contributed by atoms with Gasteiger partial charge in [-0.25, -0.2) is 14.1 Å². The minimum absolute atomic E-state index is 0.156. The van der Waals surface area contributed by atoms with Crippen molar-refractivity contribution in [3.05, 3.63) is 83.6 Å². The first-order valence-electron chi connectivity index (χ1n) is 10.2. The van der Waals surface area contributed by atoms with Gasteiger partial charge in [-0.15, -0.1) is 5.10 Å². The molecule has 174 valence electrons. The zero-order valence-corrected chi connectivity index (χ0v) is 18.8. The Hall–Kier alpha value is -4.47. The van der Waals surface area contributed by atoms with E-state index in [0.29, 0.717) is 40.9 Å². The van der Waals surface area contributed by atoms with Gasteiger partial charge in [0, 0.05) is 24.0 Å². The van der Waals surface area contributed by atoms with E-state index in [1.807, 2.05) is 0 Å². The maximum atomic E-state index is 13.2. The van der Waals surface area contributed by atoms with Crippen LogP contribution in [-0.2, 0) is 6.54 Å². The normalized spacial score (nSPS) is 10.6. The molecule has 4 aromatic rings. The number of ether oxygens (including phenoxy) is 3. The van der Waals surface area contributed by atoms with Crippen molar-refractivity contribution in [3.8, 4) is 17.2 Å². The lowest BCUT2D eigenvalue weighted by Crippen LogP contribution is -2.08. The quantitative estimate of drug-likeness (QED) is 0.374. The van der Waals surface area contributed by atoms with Crippen LogP contribution in [0, 0.1) is 5.82 Å². The second kappa shape index (κ2) is 9.99. The van der Waals surface area contributed by atoms with Gasteiger partial charge in [0.05, 0.1) is 39.6 Å². The molecule has 0 aliphatic heterocycles. The van der Waals surface area contributed by atoms with Crippen molar-refractivity contribution in [2.24, 2.45) is 0 Å². The lowest BCUT2D eigenvalue weighted by molar-refractivity contribution is 0.103. The number of methoxy groups -OCH3 is 3. The Bertz CT molecular complexity index is 1280. The largest absolute Gasteiger partial charge is 0.493 e. The van der Waals surface area contributed by atoms with E-state index in [9.17, 15) is 9.18 Å². The number of carbonyl (C=O) groups excluding carboxylic acids is 1. The molecule has 1 N–H and O–H groups in total. The van der Waals surface area contributed by atoms with Gasteiger partial charge in [0.25, 0.3) is 0 Å². The molecule has 0 atom stereocenters. The number of anilines is 2. The molecular formula is C24H22FN5O4. The highest BCUT2D eigenvalue weighted by Crippen LogP contribution is 2.40. The van der Waals surface area contributed by atoms with Gasteiger partial charge in [-0.05, 0) is 29.8 Å². The number of benzene rings is 2. The maximum Gasteiger partial charge on any atom is 0.218 e. The lowest BCUT2D eigenvalue weighted by Gasteiger charge is -2.15. The number of pyridine rings is 1. The van der Waals surface area contributed by atoms with Crippen LogP contribution in [0.25, 0.3) is 0 Å². The van der Waals surface area contributed by atoms with Gasteiger partial charge in [0.1, 0.15) is 11.6 Å². The first-order valence-corrected chi connectivity index (χ1v) is 10.2. The molecule has 0 amide bonds. The highest BCUT2D eigenvalue weighted by atomic mass is 19.1. The summed E-state index contributed by atoms with van der Waals surface area (Å²) in [6.07, 6.45) is 3.12. The predicted octanol–water partition coefficient (Wildman–Crippen LogP) is 3.86. The molecule has 2 aromatic carbocycles. The number of rotatable bonds is 9. The fraction of sp³-hybridized carbons (Fsp3) is 0.167. The van der Waals surface area contributed by atoms with E-state index in [1.165, 1.54) is 38.1 Å². The van der Waals surface area contributed by atoms with E-state index in [1.54, 1.807) is 48.8 Å². The molecule has 0 saturated heterocycles. The highest BCUT2D eigenvalue weighted by molar-refractivity contribution is 6.10. The maximum absolute atomic E-state index is 13.2. The Labute approximate surface area is 195 Å². The lowest BCUT2D eigenvalue weighted by atomic mass is 10.1. The number of nitrogens with one attached hydrogen (secondary N) is 1. The fourth-order valence-corrected chi connectivity index (χ4v) is 3.37. The number of carbonyl (C=O) groups is 1. The van der Waals surface area contributed by atoms with E-state index in [-0.39, 0.29) is 17.3 Å². The number of hydrogen-bond donors (Lipinski definition) is 1. The zero-order valence-electron chi connectivity index (χ0n) is 18.8. The first kappa shape index (κ1) is 22.7. The van der Waals surface area contributed by atoms with Crippen LogP contribution in [0.2, 0.25) is 0 Å². The highest BCUT2D eigenvalue weighted by Gasteiger charge is 2.20. The molecule has 0 aliphatic carbocycles. The third kappa shape index (κ3) is 4.80. The molecule has 0 spiro atoms. The molecule has 4 rings (SSSR count). The van der Waals surface area contributed by atoms with E-state index < -0.39 is 0 Å². The summed E-state index contributed by atoms with van der Waals surface area (Å²) in [5.41, 5.74) is 1.88. The number of ketones is 1. The summed E-state index contributed by atoms with van der Waals surface area (Å²) < 4.78 is 30.8. The van der Waals surface area contributed by atoms with Gasteiger partial charge in [-0.1, -0.05) is 17.3 Å². The van der Waals surface area contributed by atoms with E-state index in [2.05, 4.69) is 20.6 Å². The van der Waals surface area contributed by atoms with Gasteiger partial charge < -0.3 is 19.5 Å². The fourth-order valence-electron chi connectivity index (χ4n) is 3.37. The van der Waals surface area contributed by atoms with Crippen molar-refractivity contribution in [2.45, 2.75) is 6.54 Å². The van der Waals surface area contributed by atoms with Crippen molar-refractivity contribution in [1.82, 2.24) is 20.0 Å². The third-order valence-electron chi connectivity index (χ3n) is 5.01. The molecule has 34 heavy (non-hydrogen) atoms. The molecular weight excluding hydrogens is 441 g/mol. The second-order valence-electron chi connectivity index (χ2n) is 7.20. The minimum atomic E-state index is -0.353. The van der Waals surface area contributed by atoms with Crippen LogP contribution < -0.4 is 19.5 Å². The molecule has 2 heterocycles. The van der Waals surface area contributed by atoms with Crippen LogP contribution in [0.1, 0.15) is 21.6 Å². The SMILES string of the molecule is COc1cc(Nc2ncccc2C(=O)c2cn(Cc3ccc(F)cc3)nn2)cc(OC)c1OC. The van der Waals surface area contributed by atoms with Gasteiger partial charge in [-0.2, -0.15) is 0 Å². The topological polar surface area (TPSA) is 100 Å². The Morgan fingerprint density at radius 1 is 1.03 bits per heavy atom. The van der Waals surface area contributed by atoms with Gasteiger partial charge >= 0.3 is 0 Å². The van der Waals surface area contributed by atoms with Crippen molar-refractivity contribution in [1.29, 1.82) is 0 Å². The Morgan fingerprint density at radius 3 is 2.38 bits per heavy atom. The molecule has 2 aromatic heterocycles. The van der Waals surface area contributed by atoms with Crippen LogP contribution in [0.4, 0.5) is 15.9 Å². The standard InChI is InChI=1S/C24H22FN5O4/c1-32-20-11-17(12-21(33-2)23(20)34-3)27-24-18(5-4-10-26-24)22(31)19-14-30(29-28-19)13-15-6-8-16(25)9-7-15/h4-12,14H,13H2,1-3H3,(H,26,27). The molecule has 0 saturated carbocycles. The average Bonchev–Trinajstić information content (AvgIpc) is 3.33. The van der Waals surface area contributed by atoms with Crippen molar-refractivity contribution in [3.63, 3.8) is 0 Å². The van der Waals surface area contributed by atoms with Crippen LogP contribution in [-0.4, -0.2) is 47.1 Å². The number of aromatic nitrogens is 4. The van der Waals surface area contributed by atoms with Crippen LogP contribution in [0.15, 0.2) is 60.9 Å². The van der Waals surface area contributed by atoms with Crippen molar-refractivity contribution < 1.29 is 23.4 Å². The number of halogens is 1. The first-order chi connectivity index (χ1) is 16.5. The summed E-state index contributed by atoms with van der Waals surface area (Å²) in [4.78, 5) is 17.5. The van der Waals surface area contributed by atoms with Crippen molar-refractivity contribution in [2.75, 3.05) is 26.6 Å². The van der Waals surface area contributed by atoms with E-state index >= 15 is 0 Å². The Morgan fingerprint density at radius 2 is 1.74 bits per heavy atom. The Kier molecular flexibility index (Phi) is 6.67. The van der Waals surface area contributed by atoms with Gasteiger partial charge in [0.2, 0.25) is 11.5 Å². The molecule has 0 fully saturated rings. The Balaban J connectivity index is 1.59. The smallest absolute Gasteiger partial charge is 0.218 e. The molecule has 0 unspecified atom stereocenters.